The van der Waals surface area contributed by atoms with Crippen LogP contribution < -0.4 is 5.32 Å². The number of aliphatic imine (C=N–C) groups is 1. The molecule has 4 aromatic rings. The summed E-state index contributed by atoms with van der Waals surface area (Å²) in [5.74, 6) is -0.186. The van der Waals surface area contributed by atoms with Crippen molar-refractivity contribution in [1.29, 1.82) is 0 Å². The number of H-pyrrole nitrogens is 1. The molecule has 8 heteroatoms. The van der Waals surface area contributed by atoms with Crippen LogP contribution >= 0.6 is 23.4 Å². The average Bonchev–Trinajstić information content (AvgIpc) is 3.28. The third kappa shape index (κ3) is 3.15. The molecule has 1 aliphatic rings. The lowest BCUT2D eigenvalue weighted by molar-refractivity contribution is -0.115. The molecule has 6 nitrogen and oxygen atoms in total. The summed E-state index contributed by atoms with van der Waals surface area (Å²) < 4.78 is 0. The SMILES string of the molecule is O=C1N/C(=N/c2cc3[nH]cnc3cc2Cl)S/C1=C\c1ccc2ncccc2c1. The smallest absolute Gasteiger partial charge is 0.264 e. The highest BCUT2D eigenvalue weighted by Crippen LogP contribution is 2.33. The number of amides is 1. The molecular formula is C20H12ClN5OS. The summed E-state index contributed by atoms with van der Waals surface area (Å²) in [6.45, 7) is 0. The van der Waals surface area contributed by atoms with Gasteiger partial charge in [0.1, 0.15) is 0 Å². The molecule has 5 rings (SSSR count). The summed E-state index contributed by atoms with van der Waals surface area (Å²) in [5, 5.41) is 4.77. The van der Waals surface area contributed by atoms with Gasteiger partial charge in [0.05, 0.1) is 38.5 Å². The van der Waals surface area contributed by atoms with Gasteiger partial charge in [-0.1, -0.05) is 23.7 Å². The molecule has 0 saturated carbocycles. The number of nitrogens with one attached hydrogen (secondary N) is 2. The number of pyridine rings is 1. The van der Waals surface area contributed by atoms with Crippen molar-refractivity contribution in [2.45, 2.75) is 0 Å². The number of imidazole rings is 1. The number of thioether (sulfide) groups is 1. The highest BCUT2D eigenvalue weighted by molar-refractivity contribution is 8.18. The molecule has 0 spiro atoms. The summed E-state index contributed by atoms with van der Waals surface area (Å²) in [5.41, 5.74) is 4.01. The first kappa shape index (κ1) is 17.0. The molecule has 1 fully saturated rings. The molecule has 136 valence electrons. The molecule has 0 radical (unpaired) electrons. The summed E-state index contributed by atoms with van der Waals surface area (Å²) >= 11 is 7.57. The average molecular weight is 406 g/mol. The van der Waals surface area contributed by atoms with Gasteiger partial charge in [-0.2, -0.15) is 0 Å². The van der Waals surface area contributed by atoms with Crippen molar-refractivity contribution in [3.05, 3.63) is 70.5 Å². The van der Waals surface area contributed by atoms with Crippen molar-refractivity contribution >= 4 is 68.1 Å². The zero-order valence-electron chi connectivity index (χ0n) is 14.3. The monoisotopic (exact) mass is 405 g/mol. The number of benzene rings is 2. The van der Waals surface area contributed by atoms with E-state index in [1.807, 2.05) is 42.5 Å². The van der Waals surface area contributed by atoms with Crippen LogP contribution in [0, 0.1) is 0 Å². The molecule has 2 aromatic carbocycles. The third-order valence-corrected chi connectivity index (χ3v) is 5.50. The van der Waals surface area contributed by atoms with Crippen molar-refractivity contribution in [2.24, 2.45) is 4.99 Å². The second-order valence-electron chi connectivity index (χ2n) is 6.16. The number of aromatic nitrogens is 3. The van der Waals surface area contributed by atoms with Crippen LogP contribution in [0.25, 0.3) is 28.0 Å². The van der Waals surface area contributed by atoms with Crippen molar-refractivity contribution in [1.82, 2.24) is 20.3 Å². The fraction of sp³-hybridized carbons (Fsp3) is 0. The lowest BCUT2D eigenvalue weighted by atomic mass is 10.1. The second kappa shape index (κ2) is 6.78. The van der Waals surface area contributed by atoms with Crippen molar-refractivity contribution in [3.63, 3.8) is 0 Å². The first-order valence-corrected chi connectivity index (χ1v) is 9.62. The number of aromatic amines is 1. The molecule has 0 atom stereocenters. The van der Waals surface area contributed by atoms with Crippen LogP contribution in [0.4, 0.5) is 5.69 Å². The Labute approximate surface area is 168 Å². The number of carbonyl (C=O) groups is 1. The summed E-state index contributed by atoms with van der Waals surface area (Å²) in [6, 6.07) is 13.3. The zero-order chi connectivity index (χ0) is 19.1. The highest BCUT2D eigenvalue weighted by atomic mass is 35.5. The molecule has 0 bridgehead atoms. The summed E-state index contributed by atoms with van der Waals surface area (Å²) in [6.07, 6.45) is 5.20. The number of amidine groups is 1. The number of rotatable bonds is 2. The Bertz CT molecular complexity index is 1310. The van der Waals surface area contributed by atoms with E-state index in [1.54, 1.807) is 18.6 Å². The normalized spacial score (nSPS) is 17.1. The molecule has 28 heavy (non-hydrogen) atoms. The van der Waals surface area contributed by atoms with E-state index in [0.29, 0.717) is 20.8 Å². The van der Waals surface area contributed by atoms with E-state index >= 15 is 0 Å². The number of carbonyl (C=O) groups excluding carboxylic acids is 1. The number of hydrogen-bond acceptors (Lipinski definition) is 5. The van der Waals surface area contributed by atoms with Gasteiger partial charge in [0.25, 0.3) is 5.91 Å². The molecular weight excluding hydrogens is 394 g/mol. The maximum Gasteiger partial charge on any atom is 0.264 e. The number of fused-ring (bicyclic) bond motifs is 2. The quantitative estimate of drug-likeness (QED) is 0.475. The fourth-order valence-corrected chi connectivity index (χ4v) is 3.99. The van der Waals surface area contributed by atoms with Gasteiger partial charge in [-0.25, -0.2) is 9.98 Å². The molecule has 0 unspecified atom stereocenters. The maximum absolute atomic E-state index is 12.4. The van der Waals surface area contributed by atoms with E-state index in [0.717, 1.165) is 27.5 Å². The Morgan fingerprint density at radius 2 is 2.04 bits per heavy atom. The Hall–Kier alpha value is -3.16. The van der Waals surface area contributed by atoms with Gasteiger partial charge < -0.3 is 10.3 Å². The van der Waals surface area contributed by atoms with Gasteiger partial charge in [0.2, 0.25) is 0 Å². The van der Waals surface area contributed by atoms with Gasteiger partial charge in [0.15, 0.2) is 5.17 Å². The zero-order valence-corrected chi connectivity index (χ0v) is 15.9. The van der Waals surface area contributed by atoms with Crippen LogP contribution in [0.1, 0.15) is 5.56 Å². The van der Waals surface area contributed by atoms with Crippen molar-refractivity contribution < 1.29 is 4.79 Å². The van der Waals surface area contributed by atoms with Crippen molar-refractivity contribution in [3.8, 4) is 0 Å². The van der Waals surface area contributed by atoms with Crippen LogP contribution in [0.15, 0.2) is 64.9 Å². The molecule has 0 aliphatic carbocycles. The Balaban J connectivity index is 1.46. The predicted octanol–water partition coefficient (Wildman–Crippen LogP) is 4.66. The number of hydrogen-bond donors (Lipinski definition) is 2. The Morgan fingerprint density at radius 1 is 1.11 bits per heavy atom. The fourth-order valence-electron chi connectivity index (χ4n) is 2.96. The van der Waals surface area contributed by atoms with Crippen LogP contribution in [0.5, 0.6) is 0 Å². The van der Waals surface area contributed by atoms with Crippen LogP contribution in [-0.4, -0.2) is 26.0 Å². The number of nitrogens with zero attached hydrogens (tertiary/aromatic N) is 3. The summed E-state index contributed by atoms with van der Waals surface area (Å²) in [4.78, 5) is 28.9. The van der Waals surface area contributed by atoms with Crippen molar-refractivity contribution in [2.75, 3.05) is 0 Å². The van der Waals surface area contributed by atoms with Crippen LogP contribution in [0.2, 0.25) is 5.02 Å². The number of halogens is 1. The lowest BCUT2D eigenvalue weighted by Gasteiger charge is -2.00. The minimum absolute atomic E-state index is 0.186. The molecule has 1 saturated heterocycles. The lowest BCUT2D eigenvalue weighted by Crippen LogP contribution is -2.19. The first-order chi connectivity index (χ1) is 13.7. The van der Waals surface area contributed by atoms with Crippen LogP contribution in [0.3, 0.4) is 0 Å². The van der Waals surface area contributed by atoms with Crippen LogP contribution in [-0.2, 0) is 4.79 Å². The standard InChI is InChI=1S/C20H12ClN5OS/c21-13-8-16-17(24-10-23-16)9-15(13)25-20-26-19(27)18(28-20)7-11-3-4-14-12(6-11)2-1-5-22-14/h1-10H,(H,23,24)(H,25,26,27)/b18-7-. The van der Waals surface area contributed by atoms with Gasteiger partial charge in [-0.05, 0) is 53.7 Å². The summed E-state index contributed by atoms with van der Waals surface area (Å²) in [7, 11) is 0. The molecule has 2 aromatic heterocycles. The van der Waals surface area contributed by atoms with E-state index in [9.17, 15) is 4.79 Å². The highest BCUT2D eigenvalue weighted by Gasteiger charge is 2.24. The Morgan fingerprint density at radius 3 is 2.96 bits per heavy atom. The largest absolute Gasteiger partial charge is 0.345 e. The van der Waals surface area contributed by atoms with E-state index in [1.165, 1.54) is 11.8 Å². The minimum Gasteiger partial charge on any atom is -0.345 e. The molecule has 1 amide bonds. The second-order valence-corrected chi connectivity index (χ2v) is 7.60. The minimum atomic E-state index is -0.186. The van der Waals surface area contributed by atoms with E-state index in [-0.39, 0.29) is 5.91 Å². The predicted molar refractivity (Wildman–Crippen MR) is 114 cm³/mol. The topological polar surface area (TPSA) is 83.0 Å². The molecule has 1 aliphatic heterocycles. The molecule has 3 heterocycles. The third-order valence-electron chi connectivity index (χ3n) is 4.29. The van der Waals surface area contributed by atoms with E-state index < -0.39 is 0 Å². The molecule has 2 N–H and O–H groups in total. The van der Waals surface area contributed by atoms with Gasteiger partial charge in [-0.3, -0.25) is 9.78 Å². The van der Waals surface area contributed by atoms with Gasteiger partial charge >= 0.3 is 0 Å². The van der Waals surface area contributed by atoms with Gasteiger partial charge in [0, 0.05) is 11.6 Å². The van der Waals surface area contributed by atoms with E-state index in [4.69, 9.17) is 11.6 Å². The maximum atomic E-state index is 12.4. The van der Waals surface area contributed by atoms with Gasteiger partial charge in [-0.15, -0.1) is 0 Å². The first-order valence-electron chi connectivity index (χ1n) is 8.43. The van der Waals surface area contributed by atoms with E-state index in [2.05, 4.69) is 25.3 Å². The Kier molecular flexibility index (Phi) is 4.11.